The topological polar surface area (TPSA) is 83.5 Å². The largest absolute Gasteiger partial charge is 0.480 e. The third-order valence-corrected chi connectivity index (χ3v) is 5.59. The number of carboxylic acid groups (broad SMARTS) is 1. The maximum Gasteiger partial charge on any atom is 0.325 e. The Morgan fingerprint density at radius 3 is 2.74 bits per heavy atom. The highest BCUT2D eigenvalue weighted by molar-refractivity contribution is 7.99. The van der Waals surface area contributed by atoms with Crippen molar-refractivity contribution in [1.29, 1.82) is 0 Å². The molecule has 0 spiro atoms. The first-order valence-electron chi connectivity index (χ1n) is 5.46. The lowest BCUT2D eigenvalue weighted by atomic mass is 10.0. The summed E-state index contributed by atoms with van der Waals surface area (Å²) in [5, 5.41) is 9.21. The van der Waals surface area contributed by atoms with Gasteiger partial charge in [-0.2, -0.15) is 16.5 Å². The molecule has 2 rings (SSSR count). The zero-order valence-corrected chi connectivity index (χ0v) is 11.4. The molecule has 1 saturated heterocycles. The smallest absolute Gasteiger partial charge is 0.325 e. The molecule has 1 aromatic carbocycles. The van der Waals surface area contributed by atoms with Crippen LogP contribution in [-0.2, 0) is 14.8 Å². The molecule has 1 unspecified atom stereocenters. The van der Waals surface area contributed by atoms with Crippen molar-refractivity contribution in [2.75, 3.05) is 11.5 Å². The first-order chi connectivity index (χ1) is 8.86. The Balaban J connectivity index is 2.33. The van der Waals surface area contributed by atoms with Crippen LogP contribution in [0.15, 0.2) is 29.2 Å². The van der Waals surface area contributed by atoms with E-state index in [1.165, 1.54) is 23.9 Å². The van der Waals surface area contributed by atoms with Gasteiger partial charge in [0.2, 0.25) is 10.0 Å². The van der Waals surface area contributed by atoms with E-state index in [-0.39, 0.29) is 17.1 Å². The lowest BCUT2D eigenvalue weighted by molar-refractivity contribution is -0.142. The second-order valence-electron chi connectivity index (χ2n) is 4.25. The van der Waals surface area contributed by atoms with Crippen molar-refractivity contribution in [2.45, 2.75) is 16.9 Å². The minimum absolute atomic E-state index is 0.164. The number of carbonyl (C=O) groups is 1. The molecule has 0 radical (unpaired) electrons. The van der Waals surface area contributed by atoms with Crippen LogP contribution in [0.3, 0.4) is 0 Å². The molecule has 1 aliphatic rings. The second-order valence-corrected chi connectivity index (χ2v) is 7.04. The number of rotatable bonds is 4. The average Bonchev–Trinajstić information content (AvgIpc) is 2.78. The molecule has 0 bridgehead atoms. The van der Waals surface area contributed by atoms with E-state index in [0.717, 1.165) is 12.1 Å². The summed E-state index contributed by atoms with van der Waals surface area (Å²) in [5.74, 6) is -1.17. The van der Waals surface area contributed by atoms with Crippen molar-refractivity contribution in [3.05, 3.63) is 30.1 Å². The molecule has 1 aliphatic heterocycles. The van der Waals surface area contributed by atoms with Gasteiger partial charge in [-0.25, -0.2) is 12.8 Å². The van der Waals surface area contributed by atoms with Crippen molar-refractivity contribution in [3.63, 3.8) is 0 Å². The molecule has 1 atom stereocenters. The van der Waals surface area contributed by atoms with Crippen LogP contribution in [0.25, 0.3) is 0 Å². The third-order valence-electron chi connectivity index (χ3n) is 2.87. The lowest BCUT2D eigenvalue weighted by Crippen LogP contribution is -2.54. The van der Waals surface area contributed by atoms with Crippen LogP contribution < -0.4 is 4.72 Å². The SMILES string of the molecule is O=C(O)C1(NS(=O)(=O)c2cccc(F)c2)CCSC1. The van der Waals surface area contributed by atoms with E-state index in [1.807, 2.05) is 0 Å². The standard InChI is InChI=1S/C11H12FNO4S2/c12-8-2-1-3-9(6-8)19(16,17)13-11(10(14)15)4-5-18-7-11/h1-3,6,13H,4-5,7H2,(H,14,15). The molecule has 104 valence electrons. The first-order valence-corrected chi connectivity index (χ1v) is 8.10. The number of nitrogens with one attached hydrogen (secondary N) is 1. The third kappa shape index (κ3) is 2.90. The fourth-order valence-electron chi connectivity index (χ4n) is 1.81. The number of aliphatic carboxylic acids is 1. The Hall–Kier alpha value is -1.12. The summed E-state index contributed by atoms with van der Waals surface area (Å²) < 4.78 is 39.4. The Morgan fingerprint density at radius 1 is 1.47 bits per heavy atom. The molecule has 19 heavy (non-hydrogen) atoms. The van der Waals surface area contributed by atoms with E-state index in [1.54, 1.807) is 0 Å². The molecular weight excluding hydrogens is 293 g/mol. The number of benzene rings is 1. The summed E-state index contributed by atoms with van der Waals surface area (Å²) in [6, 6.07) is 4.47. The van der Waals surface area contributed by atoms with Crippen LogP contribution in [0.4, 0.5) is 4.39 Å². The minimum atomic E-state index is -4.05. The highest BCUT2D eigenvalue weighted by Gasteiger charge is 2.45. The average molecular weight is 305 g/mol. The summed E-state index contributed by atoms with van der Waals surface area (Å²) in [5.41, 5.74) is -1.50. The Labute approximate surface area is 114 Å². The van der Waals surface area contributed by atoms with Gasteiger partial charge >= 0.3 is 5.97 Å². The Kier molecular flexibility index (Phi) is 3.84. The van der Waals surface area contributed by atoms with Gasteiger partial charge in [-0.15, -0.1) is 0 Å². The van der Waals surface area contributed by atoms with E-state index in [9.17, 15) is 22.7 Å². The van der Waals surface area contributed by atoms with Crippen molar-refractivity contribution in [2.24, 2.45) is 0 Å². The van der Waals surface area contributed by atoms with Crippen LogP contribution in [0.2, 0.25) is 0 Å². The van der Waals surface area contributed by atoms with Crippen LogP contribution >= 0.6 is 11.8 Å². The number of hydrogen-bond donors (Lipinski definition) is 2. The number of halogens is 1. The Morgan fingerprint density at radius 2 is 2.21 bits per heavy atom. The summed E-state index contributed by atoms with van der Waals surface area (Å²) in [4.78, 5) is 11.0. The molecule has 8 heteroatoms. The van der Waals surface area contributed by atoms with Crippen LogP contribution in [0.1, 0.15) is 6.42 Å². The van der Waals surface area contributed by atoms with E-state index in [2.05, 4.69) is 4.72 Å². The van der Waals surface area contributed by atoms with E-state index in [0.29, 0.717) is 5.75 Å². The van der Waals surface area contributed by atoms with Crippen LogP contribution in [-0.4, -0.2) is 36.5 Å². The van der Waals surface area contributed by atoms with E-state index < -0.39 is 27.3 Å². The van der Waals surface area contributed by atoms with Crippen LogP contribution in [0.5, 0.6) is 0 Å². The van der Waals surface area contributed by atoms with Crippen molar-refractivity contribution < 1.29 is 22.7 Å². The molecule has 5 nitrogen and oxygen atoms in total. The van der Waals surface area contributed by atoms with Gasteiger partial charge in [0.1, 0.15) is 11.4 Å². The normalized spacial score (nSPS) is 23.4. The van der Waals surface area contributed by atoms with Crippen molar-refractivity contribution in [1.82, 2.24) is 4.72 Å². The molecule has 2 N–H and O–H groups in total. The number of hydrogen-bond acceptors (Lipinski definition) is 4. The zero-order chi connectivity index (χ0) is 14.1. The summed E-state index contributed by atoms with van der Waals surface area (Å²) in [7, 11) is -4.05. The number of thioether (sulfide) groups is 1. The maximum absolute atomic E-state index is 13.1. The molecule has 1 aromatic rings. The monoisotopic (exact) mass is 305 g/mol. The Bertz CT molecular complexity index is 596. The van der Waals surface area contributed by atoms with E-state index >= 15 is 0 Å². The minimum Gasteiger partial charge on any atom is -0.480 e. The molecule has 1 fully saturated rings. The summed E-state index contributed by atoms with van der Waals surface area (Å²) in [6.07, 6.45) is 0.210. The van der Waals surface area contributed by atoms with E-state index in [4.69, 9.17) is 0 Å². The molecule has 0 aromatic heterocycles. The highest BCUT2D eigenvalue weighted by atomic mass is 32.2. The first kappa shape index (κ1) is 14.3. The maximum atomic E-state index is 13.1. The quantitative estimate of drug-likeness (QED) is 0.869. The highest BCUT2D eigenvalue weighted by Crippen LogP contribution is 2.30. The fourth-order valence-corrected chi connectivity index (χ4v) is 4.64. The van der Waals surface area contributed by atoms with Gasteiger partial charge in [0.25, 0.3) is 0 Å². The second kappa shape index (κ2) is 5.10. The summed E-state index contributed by atoms with van der Waals surface area (Å²) >= 11 is 1.37. The van der Waals surface area contributed by atoms with Gasteiger partial charge in [-0.05, 0) is 30.4 Å². The fraction of sp³-hybridized carbons (Fsp3) is 0.364. The molecule has 1 heterocycles. The lowest BCUT2D eigenvalue weighted by Gasteiger charge is -2.24. The zero-order valence-electron chi connectivity index (χ0n) is 9.80. The molecule has 0 aliphatic carbocycles. The van der Waals surface area contributed by atoms with Gasteiger partial charge < -0.3 is 5.11 Å². The molecular formula is C11H12FNO4S2. The number of carboxylic acids is 1. The van der Waals surface area contributed by atoms with Crippen LogP contribution in [0, 0.1) is 5.82 Å². The molecule has 0 saturated carbocycles. The molecule has 0 amide bonds. The van der Waals surface area contributed by atoms with Crippen molar-refractivity contribution in [3.8, 4) is 0 Å². The van der Waals surface area contributed by atoms with Gasteiger partial charge in [-0.3, -0.25) is 4.79 Å². The predicted octanol–water partition coefficient (Wildman–Crippen LogP) is 1.06. The van der Waals surface area contributed by atoms with Gasteiger partial charge in [0.05, 0.1) is 4.90 Å². The van der Waals surface area contributed by atoms with Gasteiger partial charge in [0.15, 0.2) is 0 Å². The van der Waals surface area contributed by atoms with Gasteiger partial charge in [-0.1, -0.05) is 6.07 Å². The summed E-state index contributed by atoms with van der Waals surface area (Å²) in [6.45, 7) is 0. The van der Waals surface area contributed by atoms with Crippen molar-refractivity contribution >= 4 is 27.8 Å². The van der Waals surface area contributed by atoms with Gasteiger partial charge in [0, 0.05) is 5.75 Å². The number of sulfonamides is 1. The predicted molar refractivity (Wildman–Crippen MR) is 69.0 cm³/mol.